The molecule has 0 aliphatic carbocycles. The summed E-state index contributed by atoms with van der Waals surface area (Å²) in [5.41, 5.74) is -1.20. The van der Waals surface area contributed by atoms with Crippen LogP contribution in [0, 0.1) is 5.92 Å². The molecule has 0 spiro atoms. The lowest BCUT2D eigenvalue weighted by molar-refractivity contribution is -0.137. The van der Waals surface area contributed by atoms with Crippen molar-refractivity contribution in [1.29, 1.82) is 0 Å². The van der Waals surface area contributed by atoms with E-state index >= 15 is 0 Å². The molecule has 0 aromatic heterocycles. The fourth-order valence-electron chi connectivity index (χ4n) is 3.17. The predicted octanol–water partition coefficient (Wildman–Crippen LogP) is 3.74. The van der Waals surface area contributed by atoms with Crippen molar-refractivity contribution in [2.45, 2.75) is 23.9 Å². The third kappa shape index (κ3) is 4.36. The standard InChI is InChI=1S/C19H19F3N2O3S/c20-19(21,22)16-8-4-5-9-17(16)23-18(25)14-10-12-24(13-11-14)28(26,27)15-6-2-1-3-7-15/h1-9,14H,10-13H2,(H,23,25). The van der Waals surface area contributed by atoms with E-state index in [1.165, 1.54) is 34.6 Å². The maximum Gasteiger partial charge on any atom is 0.418 e. The van der Waals surface area contributed by atoms with Gasteiger partial charge in [0, 0.05) is 19.0 Å². The monoisotopic (exact) mass is 412 g/mol. The van der Waals surface area contributed by atoms with Crippen molar-refractivity contribution in [1.82, 2.24) is 4.31 Å². The summed E-state index contributed by atoms with van der Waals surface area (Å²) in [6.45, 7) is 0.270. The number of carbonyl (C=O) groups is 1. The molecule has 0 radical (unpaired) electrons. The molecule has 2 aromatic carbocycles. The highest BCUT2D eigenvalue weighted by atomic mass is 32.2. The highest BCUT2D eigenvalue weighted by Gasteiger charge is 2.35. The molecule has 5 nitrogen and oxygen atoms in total. The second-order valence-corrected chi connectivity index (χ2v) is 8.46. The highest BCUT2D eigenvalue weighted by Crippen LogP contribution is 2.35. The number of para-hydroxylation sites is 1. The molecule has 0 unspecified atom stereocenters. The second-order valence-electron chi connectivity index (χ2n) is 6.52. The van der Waals surface area contributed by atoms with Gasteiger partial charge in [-0.25, -0.2) is 8.42 Å². The first kappa shape index (κ1) is 20.3. The summed E-state index contributed by atoms with van der Waals surface area (Å²) in [5, 5.41) is 2.35. The van der Waals surface area contributed by atoms with E-state index < -0.39 is 33.6 Å². The Kier molecular flexibility index (Phi) is 5.76. The summed E-state index contributed by atoms with van der Waals surface area (Å²) in [7, 11) is -3.64. The number of benzene rings is 2. The molecule has 28 heavy (non-hydrogen) atoms. The van der Waals surface area contributed by atoms with E-state index in [2.05, 4.69) is 5.32 Å². The van der Waals surface area contributed by atoms with Gasteiger partial charge in [-0.05, 0) is 37.1 Å². The van der Waals surface area contributed by atoms with Crippen molar-refractivity contribution < 1.29 is 26.4 Å². The second kappa shape index (κ2) is 7.92. The Bertz CT molecular complexity index is 938. The maximum absolute atomic E-state index is 13.1. The number of alkyl halides is 3. The smallest absolute Gasteiger partial charge is 0.325 e. The number of carbonyl (C=O) groups excluding carboxylic acids is 1. The minimum Gasteiger partial charge on any atom is -0.325 e. The molecule has 1 heterocycles. The van der Waals surface area contributed by atoms with Gasteiger partial charge in [-0.15, -0.1) is 0 Å². The van der Waals surface area contributed by atoms with Gasteiger partial charge in [-0.3, -0.25) is 4.79 Å². The van der Waals surface area contributed by atoms with Crippen molar-refractivity contribution in [3.8, 4) is 0 Å². The summed E-state index contributed by atoms with van der Waals surface area (Å²) >= 11 is 0. The van der Waals surface area contributed by atoms with Crippen molar-refractivity contribution >= 4 is 21.6 Å². The summed E-state index contributed by atoms with van der Waals surface area (Å²) in [6.07, 6.45) is -4.09. The minimum absolute atomic E-state index is 0.135. The molecule has 2 aromatic rings. The van der Waals surface area contributed by atoms with Crippen LogP contribution in [0.5, 0.6) is 0 Å². The maximum atomic E-state index is 13.1. The van der Waals surface area contributed by atoms with Gasteiger partial charge in [0.15, 0.2) is 0 Å². The summed E-state index contributed by atoms with van der Waals surface area (Å²) in [6, 6.07) is 12.8. The first-order chi connectivity index (χ1) is 13.2. The topological polar surface area (TPSA) is 66.5 Å². The molecular weight excluding hydrogens is 393 g/mol. The normalized spacial score (nSPS) is 16.7. The third-order valence-corrected chi connectivity index (χ3v) is 6.61. The molecule has 0 atom stereocenters. The van der Waals surface area contributed by atoms with Gasteiger partial charge in [-0.1, -0.05) is 30.3 Å². The van der Waals surface area contributed by atoms with Gasteiger partial charge in [0.25, 0.3) is 0 Å². The molecule has 1 aliphatic rings. The van der Waals surface area contributed by atoms with Gasteiger partial charge in [0.1, 0.15) is 0 Å². The van der Waals surface area contributed by atoms with E-state index in [-0.39, 0.29) is 36.5 Å². The van der Waals surface area contributed by atoms with Crippen molar-refractivity contribution in [3.63, 3.8) is 0 Å². The molecule has 0 saturated carbocycles. The van der Waals surface area contributed by atoms with Gasteiger partial charge in [0.05, 0.1) is 16.1 Å². The average Bonchev–Trinajstić information content (AvgIpc) is 2.68. The number of nitrogens with one attached hydrogen (secondary N) is 1. The molecule has 1 amide bonds. The summed E-state index contributed by atoms with van der Waals surface area (Å²) in [4.78, 5) is 12.6. The van der Waals surface area contributed by atoms with Crippen LogP contribution in [0.4, 0.5) is 18.9 Å². The van der Waals surface area contributed by atoms with Crippen LogP contribution < -0.4 is 5.32 Å². The lowest BCUT2D eigenvalue weighted by Gasteiger charge is -2.30. The molecule has 1 N–H and O–H groups in total. The largest absolute Gasteiger partial charge is 0.418 e. The molecule has 1 aliphatic heterocycles. The van der Waals surface area contributed by atoms with Crippen LogP contribution in [0.1, 0.15) is 18.4 Å². The van der Waals surface area contributed by atoms with E-state index in [1.54, 1.807) is 18.2 Å². The quantitative estimate of drug-likeness (QED) is 0.832. The van der Waals surface area contributed by atoms with E-state index in [4.69, 9.17) is 0 Å². The minimum atomic E-state index is -4.57. The number of amides is 1. The van der Waals surface area contributed by atoms with Gasteiger partial charge < -0.3 is 5.32 Å². The van der Waals surface area contributed by atoms with E-state index in [1.807, 2.05) is 0 Å². The van der Waals surface area contributed by atoms with Crippen molar-refractivity contribution in [2.24, 2.45) is 5.92 Å². The average molecular weight is 412 g/mol. The summed E-state index contributed by atoms with van der Waals surface area (Å²) < 4.78 is 65.7. The SMILES string of the molecule is O=C(Nc1ccccc1C(F)(F)F)C1CCN(S(=O)(=O)c2ccccc2)CC1. The summed E-state index contributed by atoms with van der Waals surface area (Å²) in [5.74, 6) is -1.09. The van der Waals surface area contributed by atoms with Crippen LogP contribution in [0.15, 0.2) is 59.5 Å². The zero-order chi connectivity index (χ0) is 20.4. The lowest BCUT2D eigenvalue weighted by atomic mass is 9.97. The number of hydrogen-bond donors (Lipinski definition) is 1. The van der Waals surface area contributed by atoms with E-state index in [0.717, 1.165) is 6.07 Å². The Hall–Kier alpha value is -2.39. The Morgan fingerprint density at radius 2 is 1.54 bits per heavy atom. The Morgan fingerprint density at radius 3 is 2.14 bits per heavy atom. The Labute approximate surface area is 161 Å². The molecule has 3 rings (SSSR count). The predicted molar refractivity (Wildman–Crippen MR) is 98.0 cm³/mol. The third-order valence-electron chi connectivity index (χ3n) is 4.70. The molecule has 150 valence electrons. The van der Waals surface area contributed by atoms with Crippen molar-refractivity contribution in [2.75, 3.05) is 18.4 Å². The lowest BCUT2D eigenvalue weighted by Crippen LogP contribution is -2.41. The first-order valence-corrected chi connectivity index (χ1v) is 10.2. The zero-order valence-electron chi connectivity index (χ0n) is 14.8. The molecular formula is C19H19F3N2O3S. The van der Waals surface area contributed by atoms with Crippen LogP contribution in [0.3, 0.4) is 0 Å². The highest BCUT2D eigenvalue weighted by molar-refractivity contribution is 7.89. The van der Waals surface area contributed by atoms with Gasteiger partial charge >= 0.3 is 6.18 Å². The molecule has 1 saturated heterocycles. The van der Waals surface area contributed by atoms with E-state index in [9.17, 15) is 26.4 Å². The molecule has 0 bridgehead atoms. The number of halogens is 3. The fourth-order valence-corrected chi connectivity index (χ4v) is 4.66. The number of nitrogens with zero attached hydrogens (tertiary/aromatic N) is 1. The fraction of sp³-hybridized carbons (Fsp3) is 0.316. The van der Waals surface area contributed by atoms with Gasteiger partial charge in [0.2, 0.25) is 15.9 Å². The number of sulfonamides is 1. The Balaban J connectivity index is 1.65. The first-order valence-electron chi connectivity index (χ1n) is 8.72. The van der Waals surface area contributed by atoms with Gasteiger partial charge in [-0.2, -0.15) is 17.5 Å². The number of anilines is 1. The number of piperidine rings is 1. The van der Waals surface area contributed by atoms with Crippen LogP contribution >= 0.6 is 0 Å². The Morgan fingerprint density at radius 1 is 0.964 bits per heavy atom. The van der Waals surface area contributed by atoms with Crippen LogP contribution in [0.2, 0.25) is 0 Å². The van der Waals surface area contributed by atoms with E-state index in [0.29, 0.717) is 0 Å². The van der Waals surface area contributed by atoms with Crippen molar-refractivity contribution in [3.05, 3.63) is 60.2 Å². The number of rotatable bonds is 4. The van der Waals surface area contributed by atoms with Crippen LogP contribution in [-0.4, -0.2) is 31.7 Å². The molecule has 1 fully saturated rings. The van der Waals surface area contributed by atoms with Crippen LogP contribution in [0.25, 0.3) is 0 Å². The number of hydrogen-bond acceptors (Lipinski definition) is 3. The van der Waals surface area contributed by atoms with Crippen LogP contribution in [-0.2, 0) is 21.0 Å². The molecule has 9 heteroatoms. The zero-order valence-corrected chi connectivity index (χ0v) is 15.6.